The summed E-state index contributed by atoms with van der Waals surface area (Å²) in [7, 11) is 0. The highest BCUT2D eigenvalue weighted by atomic mass is 79.9. The highest BCUT2D eigenvalue weighted by Crippen LogP contribution is 2.22. The highest BCUT2D eigenvalue weighted by molar-refractivity contribution is 9.10. The first-order valence-electron chi connectivity index (χ1n) is 8.66. The normalized spacial score (nSPS) is 14.4. The molecule has 0 spiro atoms. The Bertz CT molecular complexity index is 956. The van der Waals surface area contributed by atoms with Crippen molar-refractivity contribution in [1.29, 1.82) is 0 Å². The summed E-state index contributed by atoms with van der Waals surface area (Å²) in [5.74, 6) is -0.213. The largest absolute Gasteiger partial charge is 0.372 e. The zero-order valence-electron chi connectivity index (χ0n) is 14.2. The lowest BCUT2D eigenvalue weighted by atomic mass is 10.2. The SMILES string of the molecule is O=C(N/N=C\c1c[nH]c2ccc(Br)cc12)c1ccc(N2CCCC2)cc1. The second-order valence-electron chi connectivity index (χ2n) is 6.37. The van der Waals surface area contributed by atoms with Gasteiger partial charge in [-0.25, -0.2) is 5.43 Å². The second-order valence-corrected chi connectivity index (χ2v) is 7.29. The fourth-order valence-corrected chi connectivity index (χ4v) is 3.61. The monoisotopic (exact) mass is 410 g/mol. The summed E-state index contributed by atoms with van der Waals surface area (Å²) < 4.78 is 1.00. The Labute approximate surface area is 160 Å². The molecule has 26 heavy (non-hydrogen) atoms. The van der Waals surface area contributed by atoms with Crippen LogP contribution in [0.15, 0.2) is 58.2 Å². The quantitative estimate of drug-likeness (QED) is 0.497. The molecule has 1 fully saturated rings. The van der Waals surface area contributed by atoms with E-state index in [1.54, 1.807) is 6.21 Å². The van der Waals surface area contributed by atoms with Gasteiger partial charge in [0.2, 0.25) is 0 Å². The molecular weight excluding hydrogens is 392 g/mol. The van der Waals surface area contributed by atoms with Crippen LogP contribution in [0.25, 0.3) is 10.9 Å². The smallest absolute Gasteiger partial charge is 0.271 e. The fourth-order valence-electron chi connectivity index (χ4n) is 3.25. The number of hydrogen-bond acceptors (Lipinski definition) is 3. The van der Waals surface area contributed by atoms with E-state index in [2.05, 4.69) is 36.3 Å². The van der Waals surface area contributed by atoms with Crippen LogP contribution in [0.5, 0.6) is 0 Å². The number of nitrogens with zero attached hydrogens (tertiary/aromatic N) is 2. The molecule has 5 nitrogen and oxygen atoms in total. The van der Waals surface area contributed by atoms with Crippen LogP contribution in [-0.4, -0.2) is 30.2 Å². The third-order valence-electron chi connectivity index (χ3n) is 4.65. The van der Waals surface area contributed by atoms with Gasteiger partial charge in [0, 0.05) is 51.5 Å². The van der Waals surface area contributed by atoms with Gasteiger partial charge in [-0.1, -0.05) is 15.9 Å². The molecule has 132 valence electrons. The number of anilines is 1. The lowest BCUT2D eigenvalue weighted by Gasteiger charge is -2.17. The Hall–Kier alpha value is -2.60. The maximum absolute atomic E-state index is 12.3. The number of nitrogens with one attached hydrogen (secondary N) is 2. The van der Waals surface area contributed by atoms with E-state index in [9.17, 15) is 4.79 Å². The molecule has 1 saturated heterocycles. The number of carbonyl (C=O) groups is 1. The minimum absolute atomic E-state index is 0.213. The predicted octanol–water partition coefficient (Wildman–Crippen LogP) is 4.29. The zero-order valence-corrected chi connectivity index (χ0v) is 15.8. The molecule has 0 saturated carbocycles. The van der Waals surface area contributed by atoms with Crippen molar-refractivity contribution >= 4 is 44.6 Å². The molecule has 6 heteroatoms. The summed E-state index contributed by atoms with van der Waals surface area (Å²) in [6.07, 6.45) is 6.00. The van der Waals surface area contributed by atoms with Gasteiger partial charge < -0.3 is 9.88 Å². The van der Waals surface area contributed by atoms with Gasteiger partial charge in [0.25, 0.3) is 5.91 Å². The Morgan fingerprint density at radius 3 is 2.69 bits per heavy atom. The number of hydrazone groups is 1. The van der Waals surface area contributed by atoms with Crippen LogP contribution >= 0.6 is 15.9 Å². The molecule has 0 unspecified atom stereocenters. The lowest BCUT2D eigenvalue weighted by molar-refractivity contribution is 0.0955. The van der Waals surface area contributed by atoms with Crippen molar-refractivity contribution in [3.63, 3.8) is 0 Å². The minimum Gasteiger partial charge on any atom is -0.372 e. The van der Waals surface area contributed by atoms with E-state index in [0.717, 1.165) is 34.0 Å². The van der Waals surface area contributed by atoms with Crippen molar-refractivity contribution in [2.45, 2.75) is 12.8 Å². The van der Waals surface area contributed by atoms with Crippen molar-refractivity contribution in [3.8, 4) is 0 Å². The first-order chi connectivity index (χ1) is 12.7. The Kier molecular flexibility index (Phi) is 4.75. The summed E-state index contributed by atoms with van der Waals surface area (Å²) in [4.78, 5) is 17.8. The van der Waals surface area contributed by atoms with Crippen LogP contribution in [-0.2, 0) is 0 Å². The maximum atomic E-state index is 12.3. The molecule has 0 atom stereocenters. The number of H-pyrrole nitrogens is 1. The van der Waals surface area contributed by atoms with Crippen LogP contribution in [0.4, 0.5) is 5.69 Å². The van der Waals surface area contributed by atoms with Crippen LogP contribution < -0.4 is 10.3 Å². The first-order valence-corrected chi connectivity index (χ1v) is 9.45. The minimum atomic E-state index is -0.213. The number of carbonyl (C=O) groups excluding carboxylic acids is 1. The molecule has 1 aliphatic rings. The topological polar surface area (TPSA) is 60.5 Å². The molecule has 0 aliphatic carbocycles. The molecule has 2 aromatic carbocycles. The summed E-state index contributed by atoms with van der Waals surface area (Å²) in [6.45, 7) is 2.19. The Balaban J connectivity index is 1.42. The van der Waals surface area contributed by atoms with Gasteiger partial charge in [-0.2, -0.15) is 5.10 Å². The third kappa shape index (κ3) is 3.51. The first kappa shape index (κ1) is 16.8. The van der Waals surface area contributed by atoms with Crippen LogP contribution in [0, 0.1) is 0 Å². The highest BCUT2D eigenvalue weighted by Gasteiger charge is 2.13. The number of fused-ring (bicyclic) bond motifs is 1. The van der Waals surface area contributed by atoms with Crippen molar-refractivity contribution in [2.24, 2.45) is 5.10 Å². The van der Waals surface area contributed by atoms with Gasteiger partial charge >= 0.3 is 0 Å². The predicted molar refractivity (Wildman–Crippen MR) is 109 cm³/mol. The van der Waals surface area contributed by atoms with Gasteiger partial charge in [0.1, 0.15) is 0 Å². The number of aromatic nitrogens is 1. The molecule has 0 bridgehead atoms. The summed E-state index contributed by atoms with van der Waals surface area (Å²) in [5.41, 5.74) is 6.32. The molecule has 1 amide bonds. The zero-order chi connectivity index (χ0) is 17.9. The Morgan fingerprint density at radius 2 is 1.92 bits per heavy atom. The van der Waals surface area contributed by atoms with Gasteiger partial charge in [0.05, 0.1) is 6.21 Å². The van der Waals surface area contributed by atoms with E-state index in [4.69, 9.17) is 0 Å². The maximum Gasteiger partial charge on any atom is 0.271 e. The molecule has 1 aromatic heterocycles. The molecule has 3 aromatic rings. The van der Waals surface area contributed by atoms with E-state index in [-0.39, 0.29) is 5.91 Å². The third-order valence-corrected chi connectivity index (χ3v) is 5.14. The van der Waals surface area contributed by atoms with E-state index in [1.165, 1.54) is 18.5 Å². The van der Waals surface area contributed by atoms with E-state index >= 15 is 0 Å². The number of rotatable bonds is 4. The standard InChI is InChI=1S/C20H19BrN4O/c21-16-5-8-19-18(11-16)15(12-22-19)13-23-24-20(26)14-3-6-17(7-4-14)25-9-1-2-10-25/h3-8,11-13,22H,1-2,9-10H2,(H,24,26)/b23-13-. The van der Waals surface area contributed by atoms with Crippen LogP contribution in [0.2, 0.25) is 0 Å². The van der Waals surface area contributed by atoms with E-state index < -0.39 is 0 Å². The summed E-state index contributed by atoms with van der Waals surface area (Å²) in [5, 5.41) is 5.15. The molecule has 0 radical (unpaired) electrons. The molecule has 2 N–H and O–H groups in total. The van der Waals surface area contributed by atoms with Crippen molar-refractivity contribution in [2.75, 3.05) is 18.0 Å². The average molecular weight is 411 g/mol. The van der Waals surface area contributed by atoms with Gasteiger partial charge in [-0.3, -0.25) is 4.79 Å². The average Bonchev–Trinajstić information content (AvgIpc) is 3.32. The number of aromatic amines is 1. The van der Waals surface area contributed by atoms with Crippen LogP contribution in [0.1, 0.15) is 28.8 Å². The van der Waals surface area contributed by atoms with Crippen molar-refractivity contribution < 1.29 is 4.79 Å². The van der Waals surface area contributed by atoms with Crippen molar-refractivity contribution in [3.05, 3.63) is 64.3 Å². The molecular formula is C20H19BrN4O. The van der Waals surface area contributed by atoms with Gasteiger partial charge in [0.15, 0.2) is 0 Å². The van der Waals surface area contributed by atoms with Crippen LogP contribution in [0.3, 0.4) is 0 Å². The molecule has 1 aliphatic heterocycles. The molecule has 4 rings (SSSR count). The fraction of sp³-hybridized carbons (Fsp3) is 0.200. The number of halogens is 1. The lowest BCUT2D eigenvalue weighted by Crippen LogP contribution is -2.19. The Morgan fingerprint density at radius 1 is 1.15 bits per heavy atom. The van der Waals surface area contributed by atoms with Gasteiger partial charge in [-0.15, -0.1) is 0 Å². The number of amides is 1. The second kappa shape index (κ2) is 7.33. The number of benzene rings is 2. The molecule has 2 heterocycles. The van der Waals surface area contributed by atoms with E-state index in [1.807, 2.05) is 48.7 Å². The number of hydrogen-bond donors (Lipinski definition) is 2. The van der Waals surface area contributed by atoms with Crippen molar-refractivity contribution in [1.82, 2.24) is 10.4 Å². The summed E-state index contributed by atoms with van der Waals surface area (Å²) >= 11 is 3.47. The van der Waals surface area contributed by atoms with E-state index in [0.29, 0.717) is 5.56 Å². The van der Waals surface area contributed by atoms with Gasteiger partial charge in [-0.05, 0) is 55.3 Å². The summed E-state index contributed by atoms with van der Waals surface area (Å²) in [6, 6.07) is 13.7.